The Bertz CT molecular complexity index is 697. The Morgan fingerprint density at radius 3 is 2.79 bits per heavy atom. The van der Waals surface area contributed by atoms with Crippen LogP contribution in [0.5, 0.6) is 0 Å². The maximum atomic E-state index is 13.0. The smallest absolute Gasteiger partial charge is 0.170 e. The van der Waals surface area contributed by atoms with E-state index < -0.39 is 9.84 Å². The van der Waals surface area contributed by atoms with Gasteiger partial charge in [0.1, 0.15) is 11.5 Å². The molecule has 1 saturated heterocycles. The van der Waals surface area contributed by atoms with Gasteiger partial charge in [0.15, 0.2) is 15.4 Å². The maximum Gasteiger partial charge on any atom is 0.170 e. The Balaban J connectivity index is 1.79. The lowest BCUT2D eigenvalue weighted by atomic mass is 10.2. The number of hydrogen-bond donors (Lipinski definition) is 0. The van der Waals surface area contributed by atoms with E-state index in [0.717, 1.165) is 5.39 Å². The van der Waals surface area contributed by atoms with E-state index in [4.69, 9.17) is 4.52 Å². The Labute approximate surface area is 109 Å². The highest BCUT2D eigenvalue weighted by Gasteiger charge is 2.23. The molecule has 0 radical (unpaired) electrons. The van der Waals surface area contributed by atoms with E-state index in [2.05, 4.69) is 5.16 Å². The highest BCUT2D eigenvalue weighted by Crippen LogP contribution is 2.21. The van der Waals surface area contributed by atoms with Crippen molar-refractivity contribution in [1.82, 2.24) is 10.1 Å². The van der Waals surface area contributed by atoms with Crippen molar-refractivity contribution in [2.75, 3.05) is 24.6 Å². The molecule has 1 aromatic carbocycles. The Morgan fingerprint density at radius 2 is 2.05 bits per heavy atom. The quantitative estimate of drug-likeness (QED) is 0.829. The van der Waals surface area contributed by atoms with E-state index in [1.165, 1.54) is 12.1 Å². The number of benzene rings is 1. The van der Waals surface area contributed by atoms with Crippen molar-refractivity contribution in [2.24, 2.45) is 0 Å². The van der Waals surface area contributed by atoms with Crippen LogP contribution < -0.4 is 0 Å². The first-order chi connectivity index (χ1) is 9.03. The highest BCUT2D eigenvalue weighted by atomic mass is 32.2. The van der Waals surface area contributed by atoms with Gasteiger partial charge in [0.05, 0.1) is 11.5 Å². The summed E-state index contributed by atoms with van der Waals surface area (Å²) in [4.78, 5) is 2.02. The largest absolute Gasteiger partial charge is 0.356 e. The van der Waals surface area contributed by atoms with Gasteiger partial charge < -0.3 is 4.52 Å². The number of sulfone groups is 1. The second kappa shape index (κ2) is 4.57. The van der Waals surface area contributed by atoms with Crippen LogP contribution in [0.25, 0.3) is 11.0 Å². The molecule has 0 amide bonds. The van der Waals surface area contributed by atoms with Gasteiger partial charge in [-0.05, 0) is 12.1 Å². The Morgan fingerprint density at radius 1 is 1.32 bits per heavy atom. The van der Waals surface area contributed by atoms with Crippen molar-refractivity contribution < 1.29 is 17.3 Å². The average Bonchev–Trinajstić information content (AvgIpc) is 2.74. The summed E-state index contributed by atoms with van der Waals surface area (Å²) in [5.74, 6) is -0.00581. The molecule has 1 aliphatic rings. The minimum Gasteiger partial charge on any atom is -0.356 e. The van der Waals surface area contributed by atoms with Gasteiger partial charge in [0, 0.05) is 31.1 Å². The van der Waals surface area contributed by atoms with E-state index in [1.807, 2.05) is 4.90 Å². The summed E-state index contributed by atoms with van der Waals surface area (Å²) >= 11 is 0. The van der Waals surface area contributed by atoms with Gasteiger partial charge in [0.2, 0.25) is 0 Å². The first kappa shape index (κ1) is 12.6. The monoisotopic (exact) mass is 284 g/mol. The molecule has 0 N–H and O–H groups in total. The standard InChI is InChI=1S/C12H13FN2O3S/c13-9-1-2-10-11(14-18-12(10)7-9)8-15-3-5-19(16,17)6-4-15/h1-2,7H,3-6,8H2. The third-order valence-corrected chi connectivity index (χ3v) is 4.93. The Kier molecular flexibility index (Phi) is 3.02. The average molecular weight is 284 g/mol. The van der Waals surface area contributed by atoms with Gasteiger partial charge in [-0.25, -0.2) is 12.8 Å². The van der Waals surface area contributed by atoms with Crippen molar-refractivity contribution in [2.45, 2.75) is 6.54 Å². The van der Waals surface area contributed by atoms with Crippen LogP contribution in [0, 0.1) is 5.82 Å². The normalized spacial score (nSPS) is 19.8. The van der Waals surface area contributed by atoms with Crippen molar-refractivity contribution in [3.63, 3.8) is 0 Å². The molecule has 0 unspecified atom stereocenters. The first-order valence-electron chi connectivity index (χ1n) is 6.00. The number of hydrogen-bond acceptors (Lipinski definition) is 5. The number of fused-ring (bicyclic) bond motifs is 1. The van der Waals surface area contributed by atoms with Gasteiger partial charge in [-0.3, -0.25) is 4.90 Å². The molecule has 0 aliphatic carbocycles. The van der Waals surface area contributed by atoms with Crippen LogP contribution in [0.4, 0.5) is 4.39 Å². The van der Waals surface area contributed by atoms with Crippen molar-refractivity contribution in [1.29, 1.82) is 0 Å². The van der Waals surface area contributed by atoms with Crippen LogP contribution in [0.1, 0.15) is 5.69 Å². The van der Waals surface area contributed by atoms with Crippen LogP contribution in [0.15, 0.2) is 22.7 Å². The SMILES string of the molecule is O=S1(=O)CCN(Cc2noc3cc(F)ccc23)CC1. The molecule has 3 rings (SSSR count). The zero-order chi connectivity index (χ0) is 13.5. The molecule has 19 heavy (non-hydrogen) atoms. The molecule has 0 bridgehead atoms. The fourth-order valence-electron chi connectivity index (χ4n) is 2.20. The molecular formula is C12H13FN2O3S. The first-order valence-corrected chi connectivity index (χ1v) is 7.82. The van der Waals surface area contributed by atoms with Gasteiger partial charge in [-0.2, -0.15) is 0 Å². The fourth-order valence-corrected chi connectivity index (χ4v) is 3.47. The summed E-state index contributed by atoms with van der Waals surface area (Å²) in [5.41, 5.74) is 1.13. The van der Waals surface area contributed by atoms with Crippen molar-refractivity contribution in [3.05, 3.63) is 29.7 Å². The predicted molar refractivity (Wildman–Crippen MR) is 67.9 cm³/mol. The molecule has 7 heteroatoms. The third kappa shape index (κ3) is 2.62. The summed E-state index contributed by atoms with van der Waals surface area (Å²) in [6.07, 6.45) is 0. The van der Waals surface area contributed by atoms with Gasteiger partial charge in [-0.15, -0.1) is 0 Å². The lowest BCUT2D eigenvalue weighted by Crippen LogP contribution is -2.39. The van der Waals surface area contributed by atoms with E-state index >= 15 is 0 Å². The highest BCUT2D eigenvalue weighted by molar-refractivity contribution is 7.91. The van der Waals surface area contributed by atoms with E-state index in [9.17, 15) is 12.8 Å². The van der Waals surface area contributed by atoms with Gasteiger partial charge >= 0.3 is 0 Å². The lowest BCUT2D eigenvalue weighted by molar-refractivity contribution is 0.278. The molecule has 5 nitrogen and oxygen atoms in total. The van der Waals surface area contributed by atoms with Crippen LogP contribution >= 0.6 is 0 Å². The van der Waals surface area contributed by atoms with Crippen LogP contribution in [-0.4, -0.2) is 43.1 Å². The number of aromatic nitrogens is 1. The zero-order valence-corrected chi connectivity index (χ0v) is 11.0. The van der Waals surface area contributed by atoms with Gasteiger partial charge in [-0.1, -0.05) is 5.16 Å². The molecule has 102 valence electrons. The number of halogens is 1. The summed E-state index contributed by atoms with van der Waals surface area (Å²) in [6.45, 7) is 1.52. The Hall–Kier alpha value is -1.47. The van der Waals surface area contributed by atoms with E-state index in [1.54, 1.807) is 6.07 Å². The summed E-state index contributed by atoms with van der Waals surface area (Å²) in [7, 11) is -2.88. The molecular weight excluding hydrogens is 271 g/mol. The molecule has 1 aromatic heterocycles. The molecule has 2 aromatic rings. The third-order valence-electron chi connectivity index (χ3n) is 3.32. The molecule has 1 aliphatic heterocycles. The molecule has 2 heterocycles. The molecule has 1 fully saturated rings. The van der Waals surface area contributed by atoms with E-state index in [-0.39, 0.29) is 17.3 Å². The molecule has 0 atom stereocenters. The predicted octanol–water partition coefficient (Wildman–Crippen LogP) is 1.20. The summed E-state index contributed by atoms with van der Waals surface area (Å²) in [5, 5.41) is 4.71. The van der Waals surface area contributed by atoms with Crippen molar-refractivity contribution in [3.8, 4) is 0 Å². The maximum absolute atomic E-state index is 13.0. The minimum atomic E-state index is -2.88. The number of rotatable bonds is 2. The van der Waals surface area contributed by atoms with Crippen molar-refractivity contribution >= 4 is 20.8 Å². The topological polar surface area (TPSA) is 63.4 Å². The van der Waals surface area contributed by atoms with Crippen LogP contribution in [0.3, 0.4) is 0 Å². The molecule has 0 spiro atoms. The summed E-state index contributed by atoms with van der Waals surface area (Å²) in [6, 6.07) is 4.30. The van der Waals surface area contributed by atoms with Crippen LogP contribution in [0.2, 0.25) is 0 Å². The lowest BCUT2D eigenvalue weighted by Gasteiger charge is -2.25. The second-order valence-corrected chi connectivity index (χ2v) is 7.00. The van der Waals surface area contributed by atoms with Gasteiger partial charge in [0.25, 0.3) is 0 Å². The van der Waals surface area contributed by atoms with E-state index in [0.29, 0.717) is 30.9 Å². The zero-order valence-electron chi connectivity index (χ0n) is 10.2. The second-order valence-electron chi connectivity index (χ2n) is 4.70. The molecule has 0 saturated carbocycles. The fraction of sp³-hybridized carbons (Fsp3) is 0.417. The summed E-state index contributed by atoms with van der Waals surface area (Å²) < 4.78 is 40.8. The van der Waals surface area contributed by atoms with Crippen LogP contribution in [-0.2, 0) is 16.4 Å². The minimum absolute atomic E-state index is 0.178. The number of nitrogens with zero attached hydrogens (tertiary/aromatic N) is 2.